The van der Waals surface area contributed by atoms with E-state index in [0.717, 1.165) is 29.9 Å². The lowest BCUT2D eigenvalue weighted by atomic mass is 9.98. The van der Waals surface area contributed by atoms with Gasteiger partial charge in [-0.25, -0.2) is 0 Å². The molecule has 1 aromatic heterocycles. The van der Waals surface area contributed by atoms with Crippen molar-refractivity contribution in [3.8, 4) is 0 Å². The van der Waals surface area contributed by atoms with Crippen LogP contribution in [-0.4, -0.2) is 10.9 Å². The molecule has 0 spiro atoms. The van der Waals surface area contributed by atoms with Crippen LogP contribution in [0.3, 0.4) is 0 Å². The fourth-order valence-corrected chi connectivity index (χ4v) is 3.21. The van der Waals surface area contributed by atoms with Crippen LogP contribution >= 0.6 is 11.5 Å². The Labute approximate surface area is 101 Å². The highest BCUT2D eigenvalue weighted by atomic mass is 32.1. The molecule has 88 valence electrons. The first-order valence-corrected chi connectivity index (χ1v) is 6.98. The van der Waals surface area contributed by atoms with E-state index in [1.54, 1.807) is 0 Å². The van der Waals surface area contributed by atoms with E-state index in [1.807, 2.05) is 6.92 Å². The van der Waals surface area contributed by atoms with Gasteiger partial charge in [0.1, 0.15) is 10.8 Å². The maximum atomic E-state index is 5.75. The first kappa shape index (κ1) is 10.4. The molecular weight excluding hydrogens is 218 g/mol. The third-order valence-corrected chi connectivity index (χ3v) is 4.83. The fraction of sp³-hybridized carbons (Fsp3) is 0.750. The molecule has 0 saturated heterocycles. The van der Waals surface area contributed by atoms with Gasteiger partial charge in [0, 0.05) is 12.1 Å². The normalized spacial score (nSPS) is 20.4. The number of nitrogen functional groups attached to an aromatic ring is 1. The molecule has 1 heterocycles. The Kier molecular flexibility index (Phi) is 2.54. The molecule has 0 aromatic carbocycles. The lowest BCUT2D eigenvalue weighted by Gasteiger charge is -2.16. The molecule has 3 nitrogen and oxygen atoms in total. The van der Waals surface area contributed by atoms with E-state index in [9.17, 15) is 0 Å². The average molecular weight is 237 g/mol. The third kappa shape index (κ3) is 2.03. The quantitative estimate of drug-likeness (QED) is 0.828. The summed E-state index contributed by atoms with van der Waals surface area (Å²) in [7, 11) is 0. The molecule has 0 unspecified atom stereocenters. The second-order valence-corrected chi connectivity index (χ2v) is 6.01. The molecule has 0 radical (unpaired) electrons. The smallest absolute Gasteiger partial charge is 0.142 e. The summed E-state index contributed by atoms with van der Waals surface area (Å²) in [6.45, 7) is 3.17. The van der Waals surface area contributed by atoms with Crippen LogP contribution in [0.25, 0.3) is 0 Å². The van der Waals surface area contributed by atoms with Gasteiger partial charge in [-0.1, -0.05) is 0 Å². The van der Waals surface area contributed by atoms with Crippen LogP contribution in [0.2, 0.25) is 0 Å². The van der Waals surface area contributed by atoms with Crippen LogP contribution < -0.4 is 11.1 Å². The van der Waals surface area contributed by atoms with Gasteiger partial charge in [0.05, 0.1) is 0 Å². The van der Waals surface area contributed by atoms with Crippen molar-refractivity contribution in [2.24, 2.45) is 17.8 Å². The summed E-state index contributed by atoms with van der Waals surface area (Å²) in [6, 6.07) is 0. The molecule has 2 saturated carbocycles. The van der Waals surface area contributed by atoms with Crippen molar-refractivity contribution in [2.45, 2.75) is 32.6 Å². The summed E-state index contributed by atoms with van der Waals surface area (Å²) >= 11 is 1.50. The number of nitrogens with zero attached hydrogens (tertiary/aromatic N) is 1. The van der Waals surface area contributed by atoms with Crippen LogP contribution in [0.1, 0.15) is 31.2 Å². The van der Waals surface area contributed by atoms with Gasteiger partial charge in [-0.15, -0.1) is 0 Å². The lowest BCUT2D eigenvalue weighted by molar-refractivity contribution is 0.428. The number of anilines is 2. The molecule has 3 rings (SSSR count). The molecular formula is C12H19N3S. The summed E-state index contributed by atoms with van der Waals surface area (Å²) in [5.41, 5.74) is 6.87. The molecule has 0 atom stereocenters. The molecule has 0 amide bonds. The lowest BCUT2D eigenvalue weighted by Crippen LogP contribution is -2.18. The van der Waals surface area contributed by atoms with Crippen molar-refractivity contribution in [2.75, 3.05) is 17.6 Å². The minimum Gasteiger partial charge on any atom is -0.383 e. The van der Waals surface area contributed by atoms with E-state index in [4.69, 9.17) is 5.73 Å². The Bertz CT molecular complexity index is 368. The largest absolute Gasteiger partial charge is 0.383 e. The Morgan fingerprint density at radius 2 is 2.00 bits per heavy atom. The van der Waals surface area contributed by atoms with E-state index in [2.05, 4.69) is 9.69 Å². The van der Waals surface area contributed by atoms with Crippen LogP contribution in [0.4, 0.5) is 10.8 Å². The summed E-state index contributed by atoms with van der Waals surface area (Å²) in [5, 5.41) is 4.72. The first-order valence-electron chi connectivity index (χ1n) is 6.21. The van der Waals surface area contributed by atoms with Crippen molar-refractivity contribution in [3.63, 3.8) is 0 Å². The van der Waals surface area contributed by atoms with Crippen LogP contribution in [0.15, 0.2) is 0 Å². The number of hydrogen-bond acceptors (Lipinski definition) is 4. The number of aromatic nitrogens is 1. The van der Waals surface area contributed by atoms with Gasteiger partial charge in [-0.2, -0.15) is 4.37 Å². The molecule has 2 aliphatic carbocycles. The van der Waals surface area contributed by atoms with Gasteiger partial charge in [-0.3, -0.25) is 0 Å². The van der Waals surface area contributed by atoms with Crippen molar-refractivity contribution >= 4 is 22.4 Å². The minimum absolute atomic E-state index is 0.682. The van der Waals surface area contributed by atoms with Crippen LogP contribution in [0, 0.1) is 24.7 Å². The van der Waals surface area contributed by atoms with E-state index < -0.39 is 0 Å². The SMILES string of the molecule is Cc1c(N)nsc1NCC(C1CC1)C1CC1. The van der Waals surface area contributed by atoms with E-state index in [0.29, 0.717) is 5.82 Å². The zero-order chi connectivity index (χ0) is 11.1. The van der Waals surface area contributed by atoms with Gasteiger partial charge in [0.15, 0.2) is 0 Å². The molecule has 0 aliphatic heterocycles. The molecule has 16 heavy (non-hydrogen) atoms. The Morgan fingerprint density at radius 3 is 2.44 bits per heavy atom. The molecule has 4 heteroatoms. The standard InChI is InChI=1S/C12H19N3S/c1-7-11(13)15-16-12(7)14-6-10(8-2-3-8)9-4-5-9/h8-10,14H,2-6H2,1H3,(H2,13,15). The van der Waals surface area contributed by atoms with Crippen molar-refractivity contribution in [3.05, 3.63) is 5.56 Å². The van der Waals surface area contributed by atoms with Crippen molar-refractivity contribution in [1.29, 1.82) is 0 Å². The topological polar surface area (TPSA) is 50.9 Å². The highest BCUT2D eigenvalue weighted by molar-refractivity contribution is 7.10. The highest BCUT2D eigenvalue weighted by Gasteiger charge is 2.41. The molecule has 2 aliphatic rings. The number of rotatable bonds is 5. The predicted octanol–water partition coefficient (Wildman–Crippen LogP) is 2.88. The van der Waals surface area contributed by atoms with E-state index in [-0.39, 0.29) is 0 Å². The van der Waals surface area contributed by atoms with E-state index >= 15 is 0 Å². The average Bonchev–Trinajstić information content (AvgIpc) is 3.15. The molecule has 3 N–H and O–H groups in total. The van der Waals surface area contributed by atoms with Crippen LogP contribution in [-0.2, 0) is 0 Å². The number of nitrogens with one attached hydrogen (secondary N) is 1. The number of nitrogens with two attached hydrogens (primary N) is 1. The molecule has 2 fully saturated rings. The zero-order valence-electron chi connectivity index (χ0n) is 9.70. The summed E-state index contributed by atoms with van der Waals surface area (Å²) in [6.07, 6.45) is 5.80. The Balaban J connectivity index is 1.60. The monoisotopic (exact) mass is 237 g/mol. The predicted molar refractivity (Wildman–Crippen MR) is 68.7 cm³/mol. The summed E-state index contributed by atoms with van der Waals surface area (Å²) in [4.78, 5) is 0. The van der Waals surface area contributed by atoms with Crippen molar-refractivity contribution in [1.82, 2.24) is 4.37 Å². The zero-order valence-corrected chi connectivity index (χ0v) is 10.5. The maximum Gasteiger partial charge on any atom is 0.142 e. The van der Waals surface area contributed by atoms with Crippen molar-refractivity contribution < 1.29 is 0 Å². The molecule has 0 bridgehead atoms. The number of hydrogen-bond donors (Lipinski definition) is 2. The minimum atomic E-state index is 0.682. The van der Waals surface area contributed by atoms with Gasteiger partial charge in [-0.05, 0) is 61.9 Å². The van der Waals surface area contributed by atoms with Gasteiger partial charge in [0.2, 0.25) is 0 Å². The second kappa shape index (κ2) is 3.91. The second-order valence-electron chi connectivity index (χ2n) is 5.24. The fourth-order valence-electron chi connectivity index (χ4n) is 2.49. The third-order valence-electron chi connectivity index (χ3n) is 3.91. The Morgan fingerprint density at radius 1 is 1.38 bits per heavy atom. The highest BCUT2D eigenvalue weighted by Crippen LogP contribution is 2.49. The summed E-state index contributed by atoms with van der Waals surface area (Å²) < 4.78 is 4.17. The first-order chi connectivity index (χ1) is 7.75. The van der Waals surface area contributed by atoms with Gasteiger partial charge >= 0.3 is 0 Å². The Hall–Kier alpha value is -0.770. The van der Waals surface area contributed by atoms with Crippen LogP contribution in [0.5, 0.6) is 0 Å². The summed E-state index contributed by atoms with van der Waals surface area (Å²) in [5.74, 6) is 3.60. The van der Waals surface area contributed by atoms with Gasteiger partial charge in [0.25, 0.3) is 0 Å². The maximum absolute atomic E-state index is 5.75. The van der Waals surface area contributed by atoms with Gasteiger partial charge < -0.3 is 11.1 Å². The van der Waals surface area contributed by atoms with E-state index in [1.165, 1.54) is 42.2 Å². The molecule has 1 aromatic rings.